The van der Waals surface area contributed by atoms with Crippen LogP contribution in [-0.4, -0.2) is 50.1 Å². The van der Waals surface area contributed by atoms with Crippen molar-refractivity contribution in [2.45, 2.75) is 33.2 Å². The molecular weight excluding hydrogens is 387 g/mol. The topological polar surface area (TPSA) is 39.7 Å². The molecule has 126 valence electrons. The molecule has 2 N–H and O–H groups in total. The molecule has 1 aromatic carbocycles. The molecule has 1 atom stereocenters. The van der Waals surface area contributed by atoms with Gasteiger partial charge in [0.1, 0.15) is 0 Å². The Balaban J connectivity index is 0.00000441. The summed E-state index contributed by atoms with van der Waals surface area (Å²) < 4.78 is 0. The number of halogens is 1. The van der Waals surface area contributed by atoms with Gasteiger partial charge in [-0.1, -0.05) is 44.2 Å². The summed E-state index contributed by atoms with van der Waals surface area (Å²) in [5.41, 5.74) is 1.34. The number of guanidine groups is 1. The Morgan fingerprint density at radius 3 is 2.32 bits per heavy atom. The Morgan fingerprint density at radius 1 is 1.14 bits per heavy atom. The number of benzene rings is 1. The molecule has 0 saturated carbocycles. The molecule has 0 heterocycles. The zero-order chi connectivity index (χ0) is 15.5. The van der Waals surface area contributed by atoms with E-state index in [2.05, 4.69) is 65.6 Å². The van der Waals surface area contributed by atoms with E-state index in [4.69, 9.17) is 0 Å². The minimum Gasteiger partial charge on any atom is -0.356 e. The van der Waals surface area contributed by atoms with Crippen LogP contribution in [-0.2, 0) is 6.42 Å². The monoisotopic (exact) mass is 418 g/mol. The second-order valence-electron chi connectivity index (χ2n) is 5.19. The fourth-order valence-electron chi connectivity index (χ4n) is 2.41. The maximum absolute atomic E-state index is 4.28. The number of rotatable bonds is 8. The maximum atomic E-state index is 4.28. The van der Waals surface area contributed by atoms with Gasteiger partial charge in [0.05, 0.1) is 0 Å². The molecule has 1 rings (SSSR count). The Morgan fingerprint density at radius 2 is 1.77 bits per heavy atom. The molecule has 0 bridgehead atoms. The molecule has 1 unspecified atom stereocenters. The van der Waals surface area contributed by atoms with Gasteiger partial charge in [-0.3, -0.25) is 9.89 Å². The molecule has 0 radical (unpaired) electrons. The lowest BCUT2D eigenvalue weighted by Gasteiger charge is -2.27. The molecule has 4 nitrogen and oxygen atoms in total. The van der Waals surface area contributed by atoms with Crippen LogP contribution in [0.5, 0.6) is 0 Å². The number of aliphatic imine (C=N–C) groups is 1. The van der Waals surface area contributed by atoms with Crippen molar-refractivity contribution in [3.8, 4) is 0 Å². The number of hydrogen-bond acceptors (Lipinski definition) is 2. The summed E-state index contributed by atoms with van der Waals surface area (Å²) in [6.45, 7) is 10.6. The van der Waals surface area contributed by atoms with Gasteiger partial charge in [0.15, 0.2) is 5.96 Å². The van der Waals surface area contributed by atoms with Crippen LogP contribution in [0.15, 0.2) is 35.3 Å². The largest absolute Gasteiger partial charge is 0.356 e. The fourth-order valence-corrected chi connectivity index (χ4v) is 2.41. The quantitative estimate of drug-likeness (QED) is 0.388. The smallest absolute Gasteiger partial charge is 0.191 e. The third kappa shape index (κ3) is 7.98. The SMILES string of the molecule is CCN(CC)C(C)CNC(=NC)NCCc1ccccc1.I. The molecular formula is C17H31IN4. The number of likely N-dealkylation sites (N-methyl/N-ethyl adjacent to an activating group) is 1. The van der Waals surface area contributed by atoms with E-state index in [1.54, 1.807) is 0 Å². The lowest BCUT2D eigenvalue weighted by atomic mass is 10.1. The van der Waals surface area contributed by atoms with Gasteiger partial charge in [-0.05, 0) is 32.0 Å². The third-order valence-electron chi connectivity index (χ3n) is 3.77. The zero-order valence-electron chi connectivity index (χ0n) is 14.3. The standard InChI is InChI=1S/C17H30N4.HI/c1-5-21(6-2)15(3)14-20-17(18-4)19-13-12-16-10-8-7-9-11-16;/h7-11,15H,5-6,12-14H2,1-4H3,(H2,18,19,20);1H. The van der Waals surface area contributed by atoms with Gasteiger partial charge >= 0.3 is 0 Å². The van der Waals surface area contributed by atoms with Crippen LogP contribution in [0.2, 0.25) is 0 Å². The second kappa shape index (κ2) is 12.7. The van der Waals surface area contributed by atoms with Crippen LogP contribution in [0.25, 0.3) is 0 Å². The minimum absolute atomic E-state index is 0. The molecule has 0 fully saturated rings. The Hall–Kier alpha value is -0.820. The van der Waals surface area contributed by atoms with Crippen molar-refractivity contribution in [3.05, 3.63) is 35.9 Å². The Bertz CT molecular complexity index is 404. The summed E-state index contributed by atoms with van der Waals surface area (Å²) in [4.78, 5) is 6.71. The summed E-state index contributed by atoms with van der Waals surface area (Å²) in [7, 11) is 1.82. The molecule has 22 heavy (non-hydrogen) atoms. The predicted molar refractivity (Wildman–Crippen MR) is 107 cm³/mol. The van der Waals surface area contributed by atoms with Crippen LogP contribution in [0.3, 0.4) is 0 Å². The minimum atomic E-state index is 0. The normalized spacial score (nSPS) is 12.7. The lowest BCUT2D eigenvalue weighted by Crippen LogP contribution is -2.46. The van der Waals surface area contributed by atoms with Crippen molar-refractivity contribution in [1.29, 1.82) is 0 Å². The predicted octanol–water partition coefficient (Wildman–Crippen LogP) is 2.74. The Labute approximate surface area is 152 Å². The van der Waals surface area contributed by atoms with E-state index in [1.807, 2.05) is 13.1 Å². The first kappa shape index (κ1) is 21.2. The van der Waals surface area contributed by atoms with Gasteiger partial charge in [0, 0.05) is 26.2 Å². The highest BCUT2D eigenvalue weighted by atomic mass is 127. The van der Waals surface area contributed by atoms with Crippen molar-refractivity contribution in [1.82, 2.24) is 15.5 Å². The molecule has 0 aliphatic heterocycles. The Kier molecular flexibility index (Phi) is 12.2. The summed E-state index contributed by atoms with van der Waals surface area (Å²) in [5.74, 6) is 0.880. The van der Waals surface area contributed by atoms with Crippen LogP contribution >= 0.6 is 24.0 Å². The molecule has 0 amide bonds. The van der Waals surface area contributed by atoms with E-state index < -0.39 is 0 Å². The van der Waals surface area contributed by atoms with Gasteiger partial charge < -0.3 is 10.6 Å². The molecule has 1 aromatic rings. The average molecular weight is 418 g/mol. The highest BCUT2D eigenvalue weighted by molar-refractivity contribution is 14.0. The molecule has 5 heteroatoms. The average Bonchev–Trinajstić information content (AvgIpc) is 2.52. The molecule has 0 spiro atoms. The molecule has 0 aliphatic carbocycles. The van der Waals surface area contributed by atoms with Crippen LogP contribution in [0, 0.1) is 0 Å². The summed E-state index contributed by atoms with van der Waals surface area (Å²) in [5, 5.41) is 6.77. The summed E-state index contributed by atoms with van der Waals surface area (Å²) in [6, 6.07) is 11.0. The number of hydrogen-bond donors (Lipinski definition) is 2. The van der Waals surface area contributed by atoms with Crippen molar-refractivity contribution < 1.29 is 0 Å². The highest BCUT2D eigenvalue weighted by Crippen LogP contribution is 1.98. The van der Waals surface area contributed by atoms with E-state index in [9.17, 15) is 0 Å². The van der Waals surface area contributed by atoms with E-state index in [0.29, 0.717) is 6.04 Å². The fraction of sp³-hybridized carbons (Fsp3) is 0.588. The van der Waals surface area contributed by atoms with Gasteiger partial charge in [0.25, 0.3) is 0 Å². The van der Waals surface area contributed by atoms with Gasteiger partial charge in [-0.15, -0.1) is 24.0 Å². The lowest BCUT2D eigenvalue weighted by molar-refractivity contribution is 0.231. The number of nitrogens with one attached hydrogen (secondary N) is 2. The molecule has 0 aromatic heterocycles. The van der Waals surface area contributed by atoms with Crippen molar-refractivity contribution in [2.75, 3.05) is 33.2 Å². The van der Waals surface area contributed by atoms with Gasteiger partial charge in [-0.25, -0.2) is 0 Å². The van der Waals surface area contributed by atoms with E-state index >= 15 is 0 Å². The first-order valence-electron chi connectivity index (χ1n) is 7.93. The van der Waals surface area contributed by atoms with Crippen LogP contribution in [0.1, 0.15) is 26.3 Å². The van der Waals surface area contributed by atoms with Crippen molar-refractivity contribution in [3.63, 3.8) is 0 Å². The van der Waals surface area contributed by atoms with Gasteiger partial charge in [0.2, 0.25) is 0 Å². The number of nitrogens with zero attached hydrogens (tertiary/aromatic N) is 2. The van der Waals surface area contributed by atoms with E-state index in [0.717, 1.165) is 38.6 Å². The van der Waals surface area contributed by atoms with Gasteiger partial charge in [-0.2, -0.15) is 0 Å². The first-order chi connectivity index (χ1) is 10.2. The van der Waals surface area contributed by atoms with Crippen LogP contribution in [0.4, 0.5) is 0 Å². The molecule has 0 saturated heterocycles. The second-order valence-corrected chi connectivity index (χ2v) is 5.19. The van der Waals surface area contributed by atoms with Crippen molar-refractivity contribution >= 4 is 29.9 Å². The summed E-state index contributed by atoms with van der Waals surface area (Å²) in [6.07, 6.45) is 1.01. The first-order valence-corrected chi connectivity index (χ1v) is 7.93. The third-order valence-corrected chi connectivity index (χ3v) is 3.77. The highest BCUT2D eigenvalue weighted by Gasteiger charge is 2.10. The summed E-state index contributed by atoms with van der Waals surface area (Å²) >= 11 is 0. The van der Waals surface area contributed by atoms with E-state index in [-0.39, 0.29) is 24.0 Å². The molecule has 0 aliphatic rings. The van der Waals surface area contributed by atoms with Crippen LogP contribution < -0.4 is 10.6 Å². The zero-order valence-corrected chi connectivity index (χ0v) is 16.6. The maximum Gasteiger partial charge on any atom is 0.191 e. The van der Waals surface area contributed by atoms with Crippen molar-refractivity contribution in [2.24, 2.45) is 4.99 Å². The van der Waals surface area contributed by atoms with E-state index in [1.165, 1.54) is 5.56 Å².